The molecule has 0 unspecified atom stereocenters. The predicted octanol–water partition coefficient (Wildman–Crippen LogP) is 5.91. The lowest BCUT2D eigenvalue weighted by molar-refractivity contribution is -0.124. The van der Waals surface area contributed by atoms with Gasteiger partial charge in [0.25, 0.3) is 0 Å². The third kappa shape index (κ3) is 9.72. The van der Waals surface area contributed by atoms with E-state index in [9.17, 15) is 4.79 Å². The number of rotatable bonds is 16. The van der Waals surface area contributed by atoms with E-state index in [0.29, 0.717) is 46.0 Å². The van der Waals surface area contributed by atoms with Crippen molar-refractivity contribution in [1.29, 1.82) is 0 Å². The summed E-state index contributed by atoms with van der Waals surface area (Å²) in [5.74, 6) is 1.21. The Balaban J connectivity index is 1.08. The standard InChI is InChI=1S/C40H48N2O5/c43-39(26-32-11-12-33-9-4-5-10-35(33)25-32)38-28-41-27-36(30-46-24-19-42-17-22-44-23-18-42)40(38)34-13-15-37(16-14-34)47-21-6-20-45-29-31-7-2-1-3-8-31/h1-5,7-16,25,36,38,40-41H,6,17-24,26-30H2/t36-,38+,40+/m0/s1. The van der Waals surface area contributed by atoms with E-state index in [1.165, 1.54) is 21.9 Å². The summed E-state index contributed by atoms with van der Waals surface area (Å²) in [6, 6.07) is 33.3. The number of ketones is 1. The van der Waals surface area contributed by atoms with Crippen LogP contribution in [0.25, 0.3) is 10.8 Å². The van der Waals surface area contributed by atoms with E-state index in [4.69, 9.17) is 18.9 Å². The van der Waals surface area contributed by atoms with Crippen LogP contribution in [0.4, 0.5) is 0 Å². The number of fused-ring (bicyclic) bond motifs is 1. The number of carbonyl (C=O) groups excluding carboxylic acids is 1. The summed E-state index contributed by atoms with van der Waals surface area (Å²) in [5.41, 5.74) is 3.41. The first-order valence-electron chi connectivity index (χ1n) is 17.2. The molecule has 0 aliphatic carbocycles. The van der Waals surface area contributed by atoms with Crippen LogP contribution in [0.1, 0.15) is 29.0 Å². The predicted molar refractivity (Wildman–Crippen MR) is 186 cm³/mol. The number of nitrogens with one attached hydrogen (secondary N) is 1. The average Bonchev–Trinajstić information content (AvgIpc) is 3.12. The molecule has 0 amide bonds. The summed E-state index contributed by atoms with van der Waals surface area (Å²) in [6.45, 7) is 9.04. The summed E-state index contributed by atoms with van der Waals surface area (Å²) >= 11 is 0. The van der Waals surface area contributed by atoms with Crippen LogP contribution in [-0.2, 0) is 32.0 Å². The van der Waals surface area contributed by atoms with Gasteiger partial charge in [-0.3, -0.25) is 9.69 Å². The number of ether oxygens (including phenoxy) is 4. The molecule has 7 nitrogen and oxygen atoms in total. The first-order valence-corrected chi connectivity index (χ1v) is 17.2. The highest BCUT2D eigenvalue weighted by Gasteiger charge is 2.38. The number of Topliss-reactive ketones (excluding diaryl/α,β-unsaturated/α-hetero) is 1. The van der Waals surface area contributed by atoms with E-state index in [0.717, 1.165) is 57.1 Å². The molecule has 7 heteroatoms. The van der Waals surface area contributed by atoms with Crippen LogP contribution in [0.5, 0.6) is 5.75 Å². The number of morpholine rings is 1. The van der Waals surface area contributed by atoms with E-state index in [2.05, 4.69) is 64.8 Å². The number of carbonyl (C=O) groups is 1. The first-order chi connectivity index (χ1) is 23.2. The van der Waals surface area contributed by atoms with Gasteiger partial charge in [0.1, 0.15) is 11.5 Å². The van der Waals surface area contributed by atoms with Crippen molar-refractivity contribution in [2.75, 3.05) is 72.4 Å². The monoisotopic (exact) mass is 636 g/mol. The molecule has 3 atom stereocenters. The third-order valence-corrected chi connectivity index (χ3v) is 9.38. The highest BCUT2D eigenvalue weighted by atomic mass is 16.5. The highest BCUT2D eigenvalue weighted by Crippen LogP contribution is 2.37. The number of nitrogens with zero attached hydrogens (tertiary/aromatic N) is 1. The summed E-state index contributed by atoms with van der Waals surface area (Å²) in [5, 5.41) is 5.93. The number of hydrogen-bond acceptors (Lipinski definition) is 7. The molecule has 0 spiro atoms. The maximum absolute atomic E-state index is 14.0. The molecule has 0 radical (unpaired) electrons. The molecule has 6 rings (SSSR count). The van der Waals surface area contributed by atoms with E-state index in [1.54, 1.807) is 0 Å². The first kappa shape index (κ1) is 33.3. The lowest BCUT2D eigenvalue weighted by atomic mass is 9.72. The van der Waals surface area contributed by atoms with Crippen molar-refractivity contribution in [1.82, 2.24) is 10.2 Å². The van der Waals surface area contributed by atoms with Gasteiger partial charge in [-0.05, 0) is 39.6 Å². The van der Waals surface area contributed by atoms with Gasteiger partial charge < -0.3 is 24.3 Å². The Morgan fingerprint density at radius 1 is 0.787 bits per heavy atom. The summed E-state index contributed by atoms with van der Waals surface area (Å²) in [7, 11) is 0. The minimum atomic E-state index is -0.142. The van der Waals surface area contributed by atoms with Crippen molar-refractivity contribution in [2.45, 2.75) is 25.4 Å². The van der Waals surface area contributed by atoms with Gasteiger partial charge in [-0.15, -0.1) is 0 Å². The van der Waals surface area contributed by atoms with Gasteiger partial charge in [0.05, 0.1) is 46.2 Å². The second-order valence-corrected chi connectivity index (χ2v) is 12.7. The SMILES string of the molecule is O=C(Cc1ccc2ccccc2c1)[C@H]1CNC[C@@H](COCCN2CCOCC2)[C@H]1c1ccc(OCCCOCc2ccccc2)cc1. The zero-order valence-electron chi connectivity index (χ0n) is 27.4. The maximum Gasteiger partial charge on any atom is 0.142 e. The van der Waals surface area contributed by atoms with E-state index < -0.39 is 0 Å². The molecule has 4 aromatic rings. The molecule has 2 heterocycles. The molecule has 4 aromatic carbocycles. The molecule has 0 aromatic heterocycles. The molecule has 2 aliphatic heterocycles. The minimum absolute atomic E-state index is 0.0630. The van der Waals surface area contributed by atoms with E-state index >= 15 is 0 Å². The lowest BCUT2D eigenvalue weighted by Gasteiger charge is -2.38. The van der Waals surface area contributed by atoms with Crippen LogP contribution < -0.4 is 10.1 Å². The van der Waals surface area contributed by atoms with Crippen LogP contribution in [0.3, 0.4) is 0 Å². The van der Waals surface area contributed by atoms with Crippen LogP contribution in [0, 0.1) is 11.8 Å². The molecule has 2 fully saturated rings. The molecular weight excluding hydrogens is 588 g/mol. The van der Waals surface area contributed by atoms with Crippen LogP contribution >= 0.6 is 0 Å². The summed E-state index contributed by atoms with van der Waals surface area (Å²) < 4.78 is 23.6. The Kier molecular flexibility index (Phi) is 12.4. The van der Waals surface area contributed by atoms with Gasteiger partial charge in [-0.1, -0.05) is 84.9 Å². The molecule has 0 saturated carbocycles. The topological polar surface area (TPSA) is 69.3 Å². The van der Waals surface area contributed by atoms with Crippen molar-refractivity contribution < 1.29 is 23.7 Å². The number of benzene rings is 4. The van der Waals surface area contributed by atoms with Gasteiger partial charge in [0, 0.05) is 63.3 Å². The molecule has 1 N–H and O–H groups in total. The zero-order chi connectivity index (χ0) is 32.1. The summed E-state index contributed by atoms with van der Waals surface area (Å²) in [6.07, 6.45) is 1.24. The van der Waals surface area contributed by atoms with Gasteiger partial charge in [0.15, 0.2) is 0 Å². The van der Waals surface area contributed by atoms with Gasteiger partial charge >= 0.3 is 0 Å². The van der Waals surface area contributed by atoms with Crippen molar-refractivity contribution >= 4 is 16.6 Å². The van der Waals surface area contributed by atoms with Gasteiger partial charge in [0.2, 0.25) is 0 Å². The Morgan fingerprint density at radius 3 is 2.40 bits per heavy atom. The number of hydrogen-bond donors (Lipinski definition) is 1. The Labute approximate surface area is 279 Å². The van der Waals surface area contributed by atoms with E-state index in [-0.39, 0.29) is 23.5 Å². The number of piperidine rings is 1. The molecule has 0 bridgehead atoms. The highest BCUT2D eigenvalue weighted by molar-refractivity contribution is 5.88. The lowest BCUT2D eigenvalue weighted by Crippen LogP contribution is -2.47. The molecule has 2 saturated heterocycles. The Hall–Kier alpha value is -3.59. The largest absolute Gasteiger partial charge is 0.494 e. The minimum Gasteiger partial charge on any atom is -0.494 e. The van der Waals surface area contributed by atoms with Crippen LogP contribution in [0.2, 0.25) is 0 Å². The van der Waals surface area contributed by atoms with E-state index in [1.807, 2.05) is 42.5 Å². The molecule has 248 valence electrons. The summed E-state index contributed by atoms with van der Waals surface area (Å²) in [4.78, 5) is 16.4. The van der Waals surface area contributed by atoms with Crippen LogP contribution in [0.15, 0.2) is 97.1 Å². The smallest absolute Gasteiger partial charge is 0.142 e. The fraction of sp³-hybridized carbons (Fsp3) is 0.425. The van der Waals surface area contributed by atoms with Crippen molar-refractivity contribution in [3.05, 3.63) is 114 Å². The Morgan fingerprint density at radius 2 is 1.57 bits per heavy atom. The fourth-order valence-corrected chi connectivity index (χ4v) is 6.82. The normalized spacial score (nSPS) is 20.3. The van der Waals surface area contributed by atoms with Gasteiger partial charge in [-0.25, -0.2) is 0 Å². The second kappa shape index (κ2) is 17.5. The molecule has 2 aliphatic rings. The maximum atomic E-state index is 14.0. The molecular formula is C40H48N2O5. The average molecular weight is 637 g/mol. The van der Waals surface area contributed by atoms with Crippen molar-refractivity contribution in [2.24, 2.45) is 11.8 Å². The third-order valence-electron chi connectivity index (χ3n) is 9.38. The Bertz CT molecular complexity index is 1520. The van der Waals surface area contributed by atoms with Crippen molar-refractivity contribution in [3.63, 3.8) is 0 Å². The van der Waals surface area contributed by atoms with Gasteiger partial charge in [-0.2, -0.15) is 0 Å². The van der Waals surface area contributed by atoms with Crippen molar-refractivity contribution in [3.8, 4) is 5.75 Å². The van der Waals surface area contributed by atoms with Crippen LogP contribution in [-0.4, -0.2) is 83.0 Å². The molecule has 47 heavy (non-hydrogen) atoms. The zero-order valence-corrected chi connectivity index (χ0v) is 27.4. The quantitative estimate of drug-likeness (QED) is 0.154. The fourth-order valence-electron chi connectivity index (χ4n) is 6.82. The second-order valence-electron chi connectivity index (χ2n) is 12.7.